The molecule has 1 aliphatic rings. The minimum Gasteiger partial charge on any atom is -0.341 e. The second-order valence-electron chi connectivity index (χ2n) is 6.37. The molecule has 3 aromatic rings. The summed E-state index contributed by atoms with van der Waals surface area (Å²) < 4.78 is 1.28. The van der Waals surface area contributed by atoms with Crippen LogP contribution in [-0.4, -0.2) is 33.4 Å². The zero-order valence-corrected chi connectivity index (χ0v) is 14.1. The molecule has 1 N–H and O–H groups in total. The lowest BCUT2D eigenvalue weighted by Gasteiger charge is -2.20. The number of fused-ring (bicyclic) bond motifs is 1. The van der Waals surface area contributed by atoms with Crippen molar-refractivity contribution in [3.05, 3.63) is 42.4 Å². The van der Waals surface area contributed by atoms with Gasteiger partial charge in [-0.15, -0.1) is 11.3 Å². The van der Waals surface area contributed by atoms with E-state index in [9.17, 15) is 4.79 Å². The van der Waals surface area contributed by atoms with E-state index in [0.29, 0.717) is 6.42 Å². The van der Waals surface area contributed by atoms with E-state index in [2.05, 4.69) is 54.1 Å². The van der Waals surface area contributed by atoms with E-state index >= 15 is 0 Å². The molecule has 0 radical (unpaired) electrons. The summed E-state index contributed by atoms with van der Waals surface area (Å²) >= 11 is 1.76. The van der Waals surface area contributed by atoms with Crippen molar-refractivity contribution >= 4 is 27.3 Å². The van der Waals surface area contributed by atoms with Crippen LogP contribution in [0.5, 0.6) is 0 Å². The fourth-order valence-electron chi connectivity index (χ4n) is 3.20. The third kappa shape index (κ3) is 2.55. The Labute approximate surface area is 139 Å². The van der Waals surface area contributed by atoms with Gasteiger partial charge in [-0.3, -0.25) is 4.79 Å². The van der Waals surface area contributed by atoms with Crippen molar-refractivity contribution < 1.29 is 4.79 Å². The predicted molar refractivity (Wildman–Crippen MR) is 93.6 cm³/mol. The average Bonchev–Trinajstić information content (AvgIpc) is 3.23. The molecule has 118 valence electrons. The van der Waals surface area contributed by atoms with E-state index in [0.717, 1.165) is 18.1 Å². The van der Waals surface area contributed by atoms with Crippen molar-refractivity contribution in [2.24, 2.45) is 0 Å². The molecule has 0 spiro atoms. The first-order valence-corrected chi connectivity index (χ1v) is 8.77. The maximum atomic E-state index is 12.1. The maximum Gasteiger partial charge on any atom is 0.223 e. The van der Waals surface area contributed by atoms with Crippen molar-refractivity contribution in [3.8, 4) is 10.6 Å². The molecule has 1 saturated heterocycles. The van der Waals surface area contributed by atoms with Gasteiger partial charge < -0.3 is 9.88 Å². The maximum absolute atomic E-state index is 12.1. The van der Waals surface area contributed by atoms with E-state index in [1.807, 2.05) is 11.1 Å². The first kappa shape index (κ1) is 14.5. The minimum atomic E-state index is 0.174. The molecule has 23 heavy (non-hydrogen) atoms. The molecule has 0 bridgehead atoms. The fourth-order valence-corrected chi connectivity index (χ4v) is 4.23. The van der Waals surface area contributed by atoms with Gasteiger partial charge in [0.25, 0.3) is 0 Å². The van der Waals surface area contributed by atoms with Gasteiger partial charge in [0.15, 0.2) is 0 Å². The molecule has 1 amide bonds. The zero-order chi connectivity index (χ0) is 16.0. The van der Waals surface area contributed by atoms with E-state index in [-0.39, 0.29) is 17.9 Å². The van der Waals surface area contributed by atoms with Crippen LogP contribution in [0.25, 0.3) is 20.7 Å². The Morgan fingerprint density at radius 2 is 2.17 bits per heavy atom. The van der Waals surface area contributed by atoms with Gasteiger partial charge >= 0.3 is 0 Å². The van der Waals surface area contributed by atoms with Crippen LogP contribution in [0.15, 0.2) is 36.5 Å². The number of amides is 1. The first-order chi connectivity index (χ1) is 11.1. The number of carbonyl (C=O) groups is 1. The molecule has 5 heteroatoms. The summed E-state index contributed by atoms with van der Waals surface area (Å²) in [6.45, 7) is 4.88. The SMILES string of the molecule is CC(C)N1C[C@@H](c2ncc(-c3cc4ccccc4s3)[nH]2)CC1=O. The lowest BCUT2D eigenvalue weighted by molar-refractivity contribution is -0.129. The van der Waals surface area contributed by atoms with E-state index in [4.69, 9.17) is 0 Å². The van der Waals surface area contributed by atoms with Crippen LogP contribution >= 0.6 is 11.3 Å². The highest BCUT2D eigenvalue weighted by molar-refractivity contribution is 7.22. The highest BCUT2D eigenvalue weighted by atomic mass is 32.1. The molecule has 4 rings (SSSR count). The Morgan fingerprint density at radius 3 is 2.91 bits per heavy atom. The summed E-state index contributed by atoms with van der Waals surface area (Å²) in [6.07, 6.45) is 2.44. The minimum absolute atomic E-state index is 0.174. The smallest absolute Gasteiger partial charge is 0.223 e. The summed E-state index contributed by atoms with van der Waals surface area (Å²) in [6, 6.07) is 10.8. The Bertz CT molecular complexity index is 831. The van der Waals surface area contributed by atoms with Crippen LogP contribution < -0.4 is 0 Å². The number of benzene rings is 1. The topological polar surface area (TPSA) is 49.0 Å². The molecule has 3 heterocycles. The lowest BCUT2D eigenvalue weighted by atomic mass is 10.1. The normalized spacial score (nSPS) is 18.5. The molecule has 1 fully saturated rings. The zero-order valence-electron chi connectivity index (χ0n) is 13.2. The number of rotatable bonds is 3. The number of likely N-dealkylation sites (tertiary alicyclic amines) is 1. The summed E-state index contributed by atoms with van der Waals surface area (Å²) in [4.78, 5) is 23.2. The molecule has 0 saturated carbocycles. The largest absolute Gasteiger partial charge is 0.341 e. The van der Waals surface area contributed by atoms with Crippen molar-refractivity contribution in [2.75, 3.05) is 6.54 Å². The van der Waals surface area contributed by atoms with Crippen LogP contribution in [0.1, 0.15) is 32.0 Å². The molecule has 1 atom stereocenters. The molecule has 0 unspecified atom stereocenters. The Morgan fingerprint density at radius 1 is 1.35 bits per heavy atom. The average molecular weight is 325 g/mol. The standard InChI is InChI=1S/C18H19N3OS/c1-11(2)21-10-13(8-17(21)22)18-19-9-14(20-18)16-7-12-5-3-4-6-15(12)23-16/h3-7,9,11,13H,8,10H2,1-2H3,(H,19,20)/t13-/m0/s1. The molecule has 1 aliphatic heterocycles. The number of hydrogen-bond donors (Lipinski definition) is 1. The van der Waals surface area contributed by atoms with Gasteiger partial charge in [0, 0.05) is 29.6 Å². The summed E-state index contributed by atoms with van der Waals surface area (Å²) in [5.74, 6) is 1.33. The van der Waals surface area contributed by atoms with E-state index in [1.54, 1.807) is 11.3 Å². The Balaban J connectivity index is 1.61. The summed E-state index contributed by atoms with van der Waals surface area (Å²) in [7, 11) is 0. The van der Waals surface area contributed by atoms with E-state index in [1.165, 1.54) is 15.0 Å². The number of aromatic nitrogens is 2. The van der Waals surface area contributed by atoms with Gasteiger partial charge in [-0.25, -0.2) is 4.98 Å². The van der Waals surface area contributed by atoms with Crippen LogP contribution in [0.3, 0.4) is 0 Å². The molecule has 0 aliphatic carbocycles. The quantitative estimate of drug-likeness (QED) is 0.791. The number of aromatic amines is 1. The number of H-pyrrole nitrogens is 1. The van der Waals surface area contributed by atoms with Gasteiger partial charge in [0.05, 0.1) is 16.8 Å². The number of hydrogen-bond acceptors (Lipinski definition) is 3. The second kappa shape index (κ2) is 5.49. The highest BCUT2D eigenvalue weighted by Crippen LogP contribution is 2.34. The molecular weight excluding hydrogens is 306 g/mol. The number of imidazole rings is 1. The number of carbonyl (C=O) groups excluding carboxylic acids is 1. The van der Waals surface area contributed by atoms with E-state index < -0.39 is 0 Å². The van der Waals surface area contributed by atoms with Crippen LogP contribution in [-0.2, 0) is 4.79 Å². The Hall–Kier alpha value is -2.14. The van der Waals surface area contributed by atoms with Crippen molar-refractivity contribution in [1.29, 1.82) is 0 Å². The lowest BCUT2D eigenvalue weighted by Crippen LogP contribution is -2.31. The Kier molecular flexibility index (Phi) is 3.45. The van der Waals surface area contributed by atoms with Gasteiger partial charge in [-0.1, -0.05) is 18.2 Å². The second-order valence-corrected chi connectivity index (χ2v) is 7.46. The van der Waals surface area contributed by atoms with Crippen LogP contribution in [0.4, 0.5) is 0 Å². The first-order valence-electron chi connectivity index (χ1n) is 7.95. The predicted octanol–water partition coefficient (Wildman–Crippen LogP) is 4.02. The molecule has 4 nitrogen and oxygen atoms in total. The van der Waals surface area contributed by atoms with Crippen molar-refractivity contribution in [3.63, 3.8) is 0 Å². The van der Waals surface area contributed by atoms with Crippen LogP contribution in [0.2, 0.25) is 0 Å². The third-order valence-electron chi connectivity index (χ3n) is 4.45. The molecule has 2 aromatic heterocycles. The number of nitrogens with one attached hydrogen (secondary N) is 1. The van der Waals surface area contributed by atoms with Gasteiger partial charge in [0.2, 0.25) is 5.91 Å². The molecular formula is C18H19N3OS. The highest BCUT2D eigenvalue weighted by Gasteiger charge is 2.33. The third-order valence-corrected chi connectivity index (χ3v) is 5.60. The van der Waals surface area contributed by atoms with Crippen molar-refractivity contribution in [1.82, 2.24) is 14.9 Å². The summed E-state index contributed by atoms with van der Waals surface area (Å²) in [5, 5.41) is 1.26. The van der Waals surface area contributed by atoms with Gasteiger partial charge in [-0.2, -0.15) is 0 Å². The fraction of sp³-hybridized carbons (Fsp3) is 0.333. The van der Waals surface area contributed by atoms with Gasteiger partial charge in [0.1, 0.15) is 5.82 Å². The number of nitrogens with zero attached hydrogens (tertiary/aromatic N) is 2. The van der Waals surface area contributed by atoms with Gasteiger partial charge in [-0.05, 0) is 31.4 Å². The van der Waals surface area contributed by atoms with Crippen LogP contribution in [0, 0.1) is 0 Å². The monoisotopic (exact) mass is 325 g/mol. The van der Waals surface area contributed by atoms with Crippen molar-refractivity contribution in [2.45, 2.75) is 32.2 Å². The summed E-state index contributed by atoms with van der Waals surface area (Å²) in [5.41, 5.74) is 1.04. The number of thiophene rings is 1. The molecule has 1 aromatic carbocycles.